The van der Waals surface area contributed by atoms with Crippen LogP contribution in [0.2, 0.25) is 0 Å². The molecule has 4 aromatic rings. The Morgan fingerprint density at radius 1 is 0.957 bits per heavy atom. The third-order valence-corrected chi connectivity index (χ3v) is 8.98. The number of rotatable bonds is 12. The second-order valence-corrected chi connectivity index (χ2v) is 13.2. The van der Waals surface area contributed by atoms with E-state index in [0.29, 0.717) is 58.2 Å². The van der Waals surface area contributed by atoms with E-state index in [1.807, 2.05) is 20.8 Å². The van der Waals surface area contributed by atoms with Gasteiger partial charge in [-0.15, -0.1) is 0 Å². The van der Waals surface area contributed by atoms with Gasteiger partial charge in [0, 0.05) is 16.8 Å². The normalized spacial score (nSPS) is 12.9. The van der Waals surface area contributed by atoms with Gasteiger partial charge in [-0.1, -0.05) is 45.4 Å². The topological polar surface area (TPSA) is 153 Å². The second kappa shape index (κ2) is 14.1. The molecule has 5 rings (SSSR count). The number of hydrogen-bond acceptors (Lipinski definition) is 9. The van der Waals surface area contributed by atoms with E-state index >= 15 is 0 Å². The molecule has 0 spiro atoms. The van der Waals surface area contributed by atoms with Crippen LogP contribution in [0.25, 0.3) is 0 Å². The summed E-state index contributed by atoms with van der Waals surface area (Å²) in [5, 5.41) is 12.9. The number of sulfonamides is 1. The summed E-state index contributed by atoms with van der Waals surface area (Å²) in [6.07, 6.45) is -0.198. The third kappa shape index (κ3) is 7.83. The molecule has 12 heteroatoms. The standard InChI is InChI=1S/C35H37N3O8S/c1-5-6-24-17-26(34(40)36-19-28-29(39)14-7-22(4)37-28)11-15-30(24)46-33(25-10-16-31-32(18-25)45-20-44-31)35(41)38-47(42,43)27-12-8-23(9-13-27)21(2)3/h7-18,21,33,39H,5-6,19-20H2,1-4H3,(H,36,40)(H,38,41). The highest BCUT2D eigenvalue weighted by atomic mass is 32.2. The summed E-state index contributed by atoms with van der Waals surface area (Å²) < 4.78 is 46.0. The van der Waals surface area contributed by atoms with Gasteiger partial charge in [0.15, 0.2) is 11.5 Å². The first kappa shape index (κ1) is 33.3. The van der Waals surface area contributed by atoms with Crippen molar-refractivity contribution in [2.45, 2.75) is 64.0 Å². The Balaban J connectivity index is 1.42. The van der Waals surface area contributed by atoms with Crippen molar-refractivity contribution in [1.29, 1.82) is 0 Å². The van der Waals surface area contributed by atoms with Crippen LogP contribution in [0, 0.1) is 6.92 Å². The Morgan fingerprint density at radius 3 is 2.40 bits per heavy atom. The van der Waals surface area contributed by atoms with Crippen molar-refractivity contribution in [3.63, 3.8) is 0 Å². The third-order valence-electron chi connectivity index (χ3n) is 7.62. The molecule has 0 saturated carbocycles. The number of amides is 2. The van der Waals surface area contributed by atoms with Gasteiger partial charge >= 0.3 is 0 Å². The highest BCUT2D eigenvalue weighted by Gasteiger charge is 2.30. The molecule has 0 radical (unpaired) electrons. The first-order valence-electron chi connectivity index (χ1n) is 15.2. The number of hydrogen-bond donors (Lipinski definition) is 3. The molecule has 0 fully saturated rings. The SMILES string of the molecule is CCCc1cc(C(=O)NCc2nc(C)ccc2O)ccc1OC(C(=O)NS(=O)(=O)c1ccc(C(C)C)cc1)c1ccc2c(c1)OCO2. The van der Waals surface area contributed by atoms with E-state index in [1.54, 1.807) is 61.5 Å². The Kier molecular flexibility index (Phi) is 10.00. The van der Waals surface area contributed by atoms with Gasteiger partial charge in [-0.3, -0.25) is 14.6 Å². The summed E-state index contributed by atoms with van der Waals surface area (Å²) in [5.74, 6) is 0.0702. The van der Waals surface area contributed by atoms with Gasteiger partial charge < -0.3 is 24.6 Å². The van der Waals surface area contributed by atoms with Crippen LogP contribution in [0.5, 0.6) is 23.0 Å². The zero-order valence-electron chi connectivity index (χ0n) is 26.6. The Bertz CT molecular complexity index is 1890. The Hall–Kier alpha value is -5.10. The number of aryl methyl sites for hydroxylation is 2. The lowest BCUT2D eigenvalue weighted by atomic mass is 10.0. The fraction of sp³-hybridized carbons (Fsp3) is 0.286. The molecule has 0 saturated heterocycles. The molecule has 3 aromatic carbocycles. The van der Waals surface area contributed by atoms with Gasteiger partial charge in [-0.2, -0.15) is 0 Å². The minimum Gasteiger partial charge on any atom is -0.506 e. The Labute approximate surface area is 274 Å². The number of nitrogens with zero attached hydrogens (tertiary/aromatic N) is 1. The maximum Gasteiger partial charge on any atom is 0.279 e. The van der Waals surface area contributed by atoms with Gasteiger partial charge in [0.1, 0.15) is 17.2 Å². The van der Waals surface area contributed by atoms with Crippen molar-refractivity contribution in [3.8, 4) is 23.0 Å². The molecule has 3 N–H and O–H groups in total. The molecule has 2 heterocycles. The van der Waals surface area contributed by atoms with Crippen molar-refractivity contribution in [1.82, 2.24) is 15.0 Å². The number of carbonyl (C=O) groups is 2. The van der Waals surface area contributed by atoms with Gasteiger partial charge in [0.05, 0.1) is 11.4 Å². The van der Waals surface area contributed by atoms with Crippen molar-refractivity contribution in [3.05, 3.63) is 106 Å². The van der Waals surface area contributed by atoms with Crippen LogP contribution in [0.1, 0.15) is 77.7 Å². The van der Waals surface area contributed by atoms with E-state index in [-0.39, 0.29) is 29.9 Å². The minimum atomic E-state index is -4.24. The van der Waals surface area contributed by atoms with Crippen LogP contribution < -0.4 is 24.2 Å². The maximum atomic E-state index is 13.8. The quantitative estimate of drug-likeness (QED) is 0.180. The highest BCUT2D eigenvalue weighted by Crippen LogP contribution is 2.36. The van der Waals surface area contributed by atoms with Crippen LogP contribution in [0.15, 0.2) is 77.7 Å². The molecule has 1 aliphatic heterocycles. The molecule has 246 valence electrons. The number of aromatic hydroxyl groups is 1. The number of pyridine rings is 1. The van der Waals surface area contributed by atoms with E-state index in [9.17, 15) is 23.1 Å². The van der Waals surface area contributed by atoms with Crippen LogP contribution in [-0.2, 0) is 27.8 Å². The number of benzene rings is 3. The fourth-order valence-corrected chi connectivity index (χ4v) is 6.04. The van der Waals surface area contributed by atoms with Crippen LogP contribution >= 0.6 is 0 Å². The lowest BCUT2D eigenvalue weighted by Crippen LogP contribution is -2.37. The Morgan fingerprint density at radius 2 is 1.68 bits per heavy atom. The second-order valence-electron chi connectivity index (χ2n) is 11.5. The highest BCUT2D eigenvalue weighted by molar-refractivity contribution is 7.90. The van der Waals surface area contributed by atoms with E-state index in [2.05, 4.69) is 15.0 Å². The summed E-state index contributed by atoms with van der Waals surface area (Å²) in [5.41, 5.74) is 3.33. The number of nitrogens with one attached hydrogen (secondary N) is 2. The maximum absolute atomic E-state index is 13.8. The fourth-order valence-electron chi connectivity index (χ4n) is 5.05. The summed E-state index contributed by atoms with van der Waals surface area (Å²) in [7, 11) is -4.24. The van der Waals surface area contributed by atoms with Gasteiger partial charge in [-0.05, 0) is 85.0 Å². The largest absolute Gasteiger partial charge is 0.506 e. The predicted octanol–water partition coefficient (Wildman–Crippen LogP) is 5.46. The van der Waals surface area contributed by atoms with E-state index < -0.39 is 27.9 Å². The lowest BCUT2D eigenvalue weighted by molar-refractivity contribution is -0.126. The average molecular weight is 660 g/mol. The lowest BCUT2D eigenvalue weighted by Gasteiger charge is -2.22. The molecule has 1 aromatic heterocycles. The molecular formula is C35H37N3O8S. The molecule has 2 amide bonds. The zero-order chi connectivity index (χ0) is 33.7. The van der Waals surface area contributed by atoms with Gasteiger partial charge in [0.2, 0.25) is 12.9 Å². The van der Waals surface area contributed by atoms with Crippen molar-refractivity contribution >= 4 is 21.8 Å². The number of ether oxygens (including phenoxy) is 3. The molecule has 1 atom stereocenters. The van der Waals surface area contributed by atoms with E-state index in [1.165, 1.54) is 18.2 Å². The first-order valence-corrected chi connectivity index (χ1v) is 16.7. The molecule has 0 aliphatic carbocycles. The summed E-state index contributed by atoms with van der Waals surface area (Å²) in [6, 6.07) is 19.1. The van der Waals surface area contributed by atoms with Crippen LogP contribution in [0.4, 0.5) is 0 Å². The first-order chi connectivity index (χ1) is 22.4. The van der Waals surface area contributed by atoms with E-state index in [0.717, 1.165) is 5.56 Å². The number of carbonyl (C=O) groups excluding carboxylic acids is 2. The minimum absolute atomic E-state index is 0.0149. The molecule has 1 aliphatic rings. The summed E-state index contributed by atoms with van der Waals surface area (Å²) in [4.78, 5) is 31.0. The summed E-state index contributed by atoms with van der Waals surface area (Å²) in [6.45, 7) is 7.78. The smallest absolute Gasteiger partial charge is 0.279 e. The van der Waals surface area contributed by atoms with Crippen LogP contribution in [0.3, 0.4) is 0 Å². The molecular weight excluding hydrogens is 622 g/mol. The van der Waals surface area contributed by atoms with Crippen molar-refractivity contribution < 1.29 is 37.3 Å². The molecule has 1 unspecified atom stereocenters. The predicted molar refractivity (Wildman–Crippen MR) is 174 cm³/mol. The number of fused-ring (bicyclic) bond motifs is 1. The number of aromatic nitrogens is 1. The molecule has 47 heavy (non-hydrogen) atoms. The van der Waals surface area contributed by atoms with Gasteiger partial charge in [-0.25, -0.2) is 13.1 Å². The monoisotopic (exact) mass is 659 g/mol. The van der Waals surface area contributed by atoms with E-state index in [4.69, 9.17) is 14.2 Å². The summed E-state index contributed by atoms with van der Waals surface area (Å²) >= 11 is 0. The zero-order valence-corrected chi connectivity index (χ0v) is 27.4. The average Bonchev–Trinajstić information content (AvgIpc) is 3.52. The molecule has 0 bridgehead atoms. The molecule has 11 nitrogen and oxygen atoms in total. The van der Waals surface area contributed by atoms with Crippen molar-refractivity contribution in [2.75, 3.05) is 6.79 Å². The van der Waals surface area contributed by atoms with Crippen LogP contribution in [-0.4, -0.2) is 37.1 Å². The van der Waals surface area contributed by atoms with Gasteiger partial charge in [0.25, 0.3) is 21.8 Å². The van der Waals surface area contributed by atoms with Crippen molar-refractivity contribution in [2.24, 2.45) is 0 Å².